The fourth-order valence-electron chi connectivity index (χ4n) is 0. The van der Waals surface area contributed by atoms with Crippen LogP contribution in [-0.4, -0.2) is 19.5 Å². The predicted octanol–water partition coefficient (Wildman–Crippen LogP) is 1.03. The summed E-state index contributed by atoms with van der Waals surface area (Å²) in [6, 6.07) is 0. The Morgan fingerprint density at radius 1 is 1.57 bits per heavy atom. The minimum atomic E-state index is -0.361. The van der Waals surface area contributed by atoms with Gasteiger partial charge in [-0.3, -0.25) is 4.79 Å². The van der Waals surface area contributed by atoms with Crippen LogP contribution in [0.5, 0.6) is 0 Å². The van der Waals surface area contributed by atoms with E-state index in [2.05, 4.69) is 16.3 Å². The van der Waals surface area contributed by atoms with Crippen LogP contribution in [0, 0.1) is 0 Å². The molecule has 0 aliphatic carbocycles. The molecule has 0 bridgehead atoms. The van der Waals surface area contributed by atoms with Gasteiger partial charge < -0.3 is 4.74 Å². The molecular weight excluding hydrogens is 115 g/mol. The van der Waals surface area contributed by atoms with E-state index in [0.717, 1.165) is 0 Å². The highest BCUT2D eigenvalue weighted by atomic mass is 35.5. The average molecular weight is 125 g/mol. The first-order valence-corrected chi connectivity index (χ1v) is 2.09. The van der Waals surface area contributed by atoms with Crippen LogP contribution in [0.3, 0.4) is 0 Å². The van der Waals surface area contributed by atoms with Gasteiger partial charge >= 0.3 is 0 Å². The van der Waals surface area contributed by atoms with Crippen molar-refractivity contribution in [3.8, 4) is 0 Å². The Balaban J connectivity index is 0. The maximum atomic E-state index is 9.21. The molecule has 0 amide bonds. The van der Waals surface area contributed by atoms with Crippen LogP contribution in [0.2, 0.25) is 0 Å². The standard InChI is InChI=1S/C2H3ClO.C2H6O/c1-2(3)4;1-3-2/h1H3;1-2H3. The lowest BCUT2D eigenvalue weighted by atomic mass is 10.9. The summed E-state index contributed by atoms with van der Waals surface area (Å²) in [5.74, 6) is 0. The predicted molar refractivity (Wildman–Crippen MR) is 29.5 cm³/mol. The van der Waals surface area contributed by atoms with Crippen molar-refractivity contribution >= 4 is 16.8 Å². The second kappa shape index (κ2) is 9.33. The summed E-state index contributed by atoms with van der Waals surface area (Å²) in [6.45, 7) is 1.29. The summed E-state index contributed by atoms with van der Waals surface area (Å²) in [4.78, 5) is 9.21. The molecule has 0 aliphatic rings. The molecule has 0 heterocycles. The molecule has 7 heavy (non-hydrogen) atoms. The third-order valence-corrected chi connectivity index (χ3v) is 0. The van der Waals surface area contributed by atoms with Crippen LogP contribution >= 0.6 is 11.6 Å². The van der Waals surface area contributed by atoms with Crippen molar-refractivity contribution in [3.63, 3.8) is 0 Å². The Labute approximate surface area is 48.4 Å². The van der Waals surface area contributed by atoms with E-state index >= 15 is 0 Å². The molecule has 0 aliphatic heterocycles. The van der Waals surface area contributed by atoms with Crippen molar-refractivity contribution in [3.05, 3.63) is 0 Å². The largest absolute Gasteiger partial charge is 0.388 e. The van der Waals surface area contributed by atoms with Gasteiger partial charge in [0.25, 0.3) is 0 Å². The molecule has 0 radical (unpaired) electrons. The van der Waals surface area contributed by atoms with E-state index in [4.69, 9.17) is 0 Å². The van der Waals surface area contributed by atoms with Gasteiger partial charge in [0.1, 0.15) is 0 Å². The SMILES string of the molecule is CC(=O)Cl.COC. The molecule has 0 aromatic rings. The van der Waals surface area contributed by atoms with Crippen molar-refractivity contribution < 1.29 is 9.53 Å². The minimum Gasteiger partial charge on any atom is -0.388 e. The van der Waals surface area contributed by atoms with Crippen molar-refractivity contribution in [2.24, 2.45) is 0 Å². The molecule has 0 saturated carbocycles. The monoisotopic (exact) mass is 124 g/mol. The first-order valence-electron chi connectivity index (χ1n) is 1.71. The van der Waals surface area contributed by atoms with Crippen LogP contribution in [-0.2, 0) is 9.53 Å². The van der Waals surface area contributed by atoms with E-state index in [1.54, 1.807) is 14.2 Å². The Bertz CT molecular complexity index is 41.0. The summed E-state index contributed by atoms with van der Waals surface area (Å²) in [7, 11) is 3.25. The van der Waals surface area contributed by atoms with Crippen LogP contribution in [0.25, 0.3) is 0 Å². The lowest BCUT2D eigenvalue weighted by Gasteiger charge is -1.61. The molecule has 0 N–H and O–H groups in total. The number of halogens is 1. The van der Waals surface area contributed by atoms with Crippen LogP contribution in [0.15, 0.2) is 0 Å². The lowest BCUT2D eigenvalue weighted by Crippen LogP contribution is -1.62. The Kier molecular flexibility index (Phi) is 13.3. The second-order valence-corrected chi connectivity index (χ2v) is 1.41. The zero-order valence-electron chi connectivity index (χ0n) is 4.69. The molecule has 0 aromatic carbocycles. The molecule has 0 saturated heterocycles. The average Bonchev–Trinajstić information content (AvgIpc) is 1.33. The van der Waals surface area contributed by atoms with E-state index in [0.29, 0.717) is 0 Å². The number of carbonyl (C=O) groups excluding carboxylic acids is 1. The summed E-state index contributed by atoms with van der Waals surface area (Å²) >= 11 is 4.64. The summed E-state index contributed by atoms with van der Waals surface area (Å²) < 4.78 is 4.25. The van der Waals surface area contributed by atoms with Crippen molar-refractivity contribution in [2.45, 2.75) is 6.92 Å². The summed E-state index contributed by atoms with van der Waals surface area (Å²) in [5.41, 5.74) is 0. The third kappa shape index (κ3) is 14200. The van der Waals surface area contributed by atoms with Gasteiger partial charge in [-0.1, -0.05) is 0 Å². The molecule has 0 unspecified atom stereocenters. The summed E-state index contributed by atoms with van der Waals surface area (Å²) in [6.07, 6.45) is 0. The first-order chi connectivity index (χ1) is 3.15. The minimum absolute atomic E-state index is 0.361. The van der Waals surface area contributed by atoms with Gasteiger partial charge in [-0.05, 0) is 11.6 Å². The zero-order valence-corrected chi connectivity index (χ0v) is 5.45. The van der Waals surface area contributed by atoms with Crippen molar-refractivity contribution in [1.29, 1.82) is 0 Å². The van der Waals surface area contributed by atoms with Gasteiger partial charge in [0.05, 0.1) is 0 Å². The number of hydrogen-bond donors (Lipinski definition) is 0. The quantitative estimate of drug-likeness (QED) is 0.451. The number of rotatable bonds is 0. The van der Waals surface area contributed by atoms with Gasteiger partial charge in [0, 0.05) is 21.1 Å². The molecule has 0 fully saturated rings. The molecule has 44 valence electrons. The van der Waals surface area contributed by atoms with Crippen LogP contribution in [0.4, 0.5) is 0 Å². The smallest absolute Gasteiger partial charge is 0.218 e. The van der Waals surface area contributed by atoms with E-state index in [-0.39, 0.29) is 5.24 Å². The summed E-state index contributed by atoms with van der Waals surface area (Å²) in [5, 5.41) is -0.361. The Hall–Kier alpha value is -0.0800. The van der Waals surface area contributed by atoms with Crippen LogP contribution in [0.1, 0.15) is 6.92 Å². The topological polar surface area (TPSA) is 26.3 Å². The number of methoxy groups -OCH3 is 1. The molecule has 0 aromatic heterocycles. The van der Waals surface area contributed by atoms with Crippen molar-refractivity contribution in [1.82, 2.24) is 0 Å². The number of carbonyl (C=O) groups is 1. The zero-order chi connectivity index (χ0) is 6.28. The maximum Gasteiger partial charge on any atom is 0.218 e. The first kappa shape index (κ1) is 10.0. The molecule has 0 atom stereocenters. The van der Waals surface area contributed by atoms with Crippen LogP contribution < -0.4 is 0 Å². The molecule has 0 rings (SSSR count). The maximum absolute atomic E-state index is 9.21. The van der Waals surface area contributed by atoms with Crippen molar-refractivity contribution in [2.75, 3.05) is 14.2 Å². The Morgan fingerprint density at radius 2 is 1.57 bits per heavy atom. The second-order valence-electron chi connectivity index (χ2n) is 0.879. The van der Waals surface area contributed by atoms with Gasteiger partial charge in [-0.2, -0.15) is 0 Å². The van der Waals surface area contributed by atoms with E-state index in [9.17, 15) is 4.79 Å². The molecule has 0 spiro atoms. The van der Waals surface area contributed by atoms with E-state index in [1.807, 2.05) is 0 Å². The number of hydrogen-bond acceptors (Lipinski definition) is 2. The van der Waals surface area contributed by atoms with Gasteiger partial charge in [-0.25, -0.2) is 0 Å². The highest BCUT2D eigenvalue weighted by Crippen LogP contribution is 1.67. The van der Waals surface area contributed by atoms with Gasteiger partial charge in [0.2, 0.25) is 5.24 Å². The molecule has 2 nitrogen and oxygen atoms in total. The van der Waals surface area contributed by atoms with Gasteiger partial charge in [-0.15, -0.1) is 0 Å². The fraction of sp³-hybridized carbons (Fsp3) is 0.750. The Morgan fingerprint density at radius 3 is 1.57 bits per heavy atom. The number of ether oxygens (including phenoxy) is 1. The molecular formula is C4H9ClO2. The van der Waals surface area contributed by atoms with E-state index < -0.39 is 0 Å². The molecule has 3 heteroatoms. The third-order valence-electron chi connectivity index (χ3n) is 0. The fourth-order valence-corrected chi connectivity index (χ4v) is 0. The van der Waals surface area contributed by atoms with Gasteiger partial charge in [0.15, 0.2) is 0 Å². The lowest BCUT2D eigenvalue weighted by molar-refractivity contribution is -0.109. The normalized spacial score (nSPS) is 6.29. The highest BCUT2D eigenvalue weighted by Gasteiger charge is 1.67. The highest BCUT2D eigenvalue weighted by molar-refractivity contribution is 6.62. The van der Waals surface area contributed by atoms with E-state index in [1.165, 1.54) is 6.92 Å².